The fourth-order valence-corrected chi connectivity index (χ4v) is 2.05. The number of hydrogen-bond donors (Lipinski definition) is 0. The molecule has 0 spiro atoms. The van der Waals surface area contributed by atoms with Crippen LogP contribution in [0.1, 0.15) is 36.8 Å². The molecule has 1 aliphatic carbocycles. The Morgan fingerprint density at radius 2 is 2.14 bits per heavy atom. The van der Waals surface area contributed by atoms with Crippen LogP contribution in [-0.4, -0.2) is 4.61 Å². The van der Waals surface area contributed by atoms with Crippen molar-refractivity contribution in [1.82, 2.24) is 0 Å². The second kappa shape index (κ2) is 4.51. The van der Waals surface area contributed by atoms with Crippen LogP contribution in [0.25, 0.3) is 0 Å². The van der Waals surface area contributed by atoms with E-state index in [0.717, 1.165) is 22.7 Å². The van der Waals surface area contributed by atoms with E-state index in [1.807, 2.05) is 0 Å². The molecule has 0 bridgehead atoms. The fourth-order valence-electron chi connectivity index (χ4n) is 1.69. The van der Waals surface area contributed by atoms with Crippen molar-refractivity contribution in [3.63, 3.8) is 0 Å². The summed E-state index contributed by atoms with van der Waals surface area (Å²) in [4.78, 5) is 0. The van der Waals surface area contributed by atoms with Gasteiger partial charge in [-0.25, -0.2) is 0 Å². The number of halogens is 1. The van der Waals surface area contributed by atoms with Gasteiger partial charge >= 0.3 is 0 Å². The molecule has 0 radical (unpaired) electrons. The number of rotatable bonds is 4. The van der Waals surface area contributed by atoms with E-state index in [-0.39, 0.29) is 0 Å². The Morgan fingerprint density at radius 1 is 1.36 bits per heavy atom. The molecule has 0 saturated heterocycles. The lowest BCUT2D eigenvalue weighted by Gasteiger charge is -2.08. The number of benzene rings is 1. The van der Waals surface area contributed by atoms with Gasteiger partial charge in [0.15, 0.2) is 0 Å². The second-order valence-corrected chi connectivity index (χ2v) is 4.41. The molecule has 0 amide bonds. The molecule has 0 N–H and O–H groups in total. The van der Waals surface area contributed by atoms with Crippen LogP contribution < -0.4 is 4.74 Å². The zero-order chi connectivity index (χ0) is 9.97. The molecule has 0 atom stereocenters. The molecule has 0 heterocycles. The summed E-state index contributed by atoms with van der Waals surface area (Å²) in [5.41, 5.74) is 2.87. The molecule has 1 fully saturated rings. The Hall–Kier alpha value is -0.250. The quantitative estimate of drug-likeness (QED) is 0.605. The molecule has 2 heteroatoms. The first kappa shape index (κ1) is 10.3. The summed E-state index contributed by atoms with van der Waals surface area (Å²) in [5, 5.41) is 0. The maximum Gasteiger partial charge on any atom is 0.139 e. The molecule has 0 unspecified atom stereocenters. The van der Waals surface area contributed by atoms with E-state index in [2.05, 4.69) is 47.7 Å². The highest BCUT2D eigenvalue weighted by Gasteiger charge is 2.24. The average molecular weight is 302 g/mol. The lowest BCUT2D eigenvalue weighted by Crippen LogP contribution is -1.92. The van der Waals surface area contributed by atoms with Crippen molar-refractivity contribution in [2.45, 2.75) is 32.1 Å². The van der Waals surface area contributed by atoms with E-state index >= 15 is 0 Å². The molecule has 1 saturated carbocycles. The van der Waals surface area contributed by atoms with Gasteiger partial charge in [0, 0.05) is 0 Å². The maximum atomic E-state index is 5.55. The summed E-state index contributed by atoms with van der Waals surface area (Å²) < 4.78 is 6.28. The van der Waals surface area contributed by atoms with Crippen LogP contribution in [0.2, 0.25) is 0 Å². The Balaban J connectivity index is 2.26. The van der Waals surface area contributed by atoms with E-state index < -0.39 is 0 Å². The molecule has 1 aromatic rings. The first-order valence-electron chi connectivity index (χ1n) is 5.16. The van der Waals surface area contributed by atoms with Crippen molar-refractivity contribution in [2.75, 3.05) is 4.61 Å². The van der Waals surface area contributed by atoms with Gasteiger partial charge in [0.2, 0.25) is 0 Å². The predicted molar refractivity (Wildman–Crippen MR) is 67.3 cm³/mol. The molecular weight excluding hydrogens is 287 g/mol. The van der Waals surface area contributed by atoms with E-state index in [4.69, 9.17) is 4.74 Å². The van der Waals surface area contributed by atoms with Crippen LogP contribution in [0.5, 0.6) is 5.75 Å². The minimum absolute atomic E-state index is 0.731. The smallest absolute Gasteiger partial charge is 0.139 e. The molecule has 76 valence electrons. The first-order chi connectivity index (χ1) is 6.83. The summed E-state index contributed by atoms with van der Waals surface area (Å²) in [6, 6.07) is 6.69. The van der Waals surface area contributed by atoms with E-state index in [1.165, 1.54) is 24.0 Å². The number of hydrogen-bond acceptors (Lipinski definition) is 1. The van der Waals surface area contributed by atoms with Gasteiger partial charge in [0.05, 0.1) is 0 Å². The standard InChI is InChI=1S/C12H15IO/c1-2-9-5-11(10-3-4-10)7-12(6-9)14-8-13/h5-7,10H,2-4,8H2,1H3. The van der Waals surface area contributed by atoms with Gasteiger partial charge in [-0.1, -0.05) is 13.0 Å². The van der Waals surface area contributed by atoms with Crippen molar-refractivity contribution >= 4 is 22.6 Å². The molecule has 1 aromatic carbocycles. The van der Waals surface area contributed by atoms with Crippen LogP contribution in [0, 0.1) is 0 Å². The van der Waals surface area contributed by atoms with Gasteiger partial charge in [-0.2, -0.15) is 0 Å². The summed E-state index contributed by atoms with van der Waals surface area (Å²) in [7, 11) is 0. The van der Waals surface area contributed by atoms with Crippen LogP contribution in [0.3, 0.4) is 0 Å². The highest BCUT2D eigenvalue weighted by atomic mass is 127. The van der Waals surface area contributed by atoms with Gasteiger partial charge in [-0.05, 0) is 71.0 Å². The Labute approximate surface area is 99.0 Å². The van der Waals surface area contributed by atoms with Gasteiger partial charge in [0.25, 0.3) is 0 Å². The van der Waals surface area contributed by atoms with Crippen LogP contribution >= 0.6 is 22.6 Å². The Kier molecular flexibility index (Phi) is 3.31. The lowest BCUT2D eigenvalue weighted by atomic mass is 10.0. The van der Waals surface area contributed by atoms with Gasteiger partial charge in [0.1, 0.15) is 10.4 Å². The number of alkyl halides is 1. The van der Waals surface area contributed by atoms with E-state index in [9.17, 15) is 0 Å². The largest absolute Gasteiger partial charge is 0.483 e. The topological polar surface area (TPSA) is 9.23 Å². The Bertz CT molecular complexity index is 318. The monoisotopic (exact) mass is 302 g/mol. The SMILES string of the molecule is CCc1cc(OCI)cc(C2CC2)c1. The number of ether oxygens (including phenoxy) is 1. The van der Waals surface area contributed by atoms with Gasteiger partial charge in [-0.3, -0.25) is 0 Å². The summed E-state index contributed by atoms with van der Waals surface area (Å²) in [5.74, 6) is 1.86. The molecule has 1 aliphatic rings. The third kappa shape index (κ3) is 2.41. The fraction of sp³-hybridized carbons (Fsp3) is 0.500. The third-order valence-electron chi connectivity index (χ3n) is 2.67. The van der Waals surface area contributed by atoms with Gasteiger partial charge in [-0.15, -0.1) is 0 Å². The van der Waals surface area contributed by atoms with Crippen LogP contribution in [0.4, 0.5) is 0 Å². The van der Waals surface area contributed by atoms with Crippen molar-refractivity contribution < 1.29 is 4.74 Å². The van der Waals surface area contributed by atoms with Crippen LogP contribution in [0.15, 0.2) is 18.2 Å². The molecule has 0 aromatic heterocycles. The van der Waals surface area contributed by atoms with Crippen molar-refractivity contribution in [2.24, 2.45) is 0 Å². The first-order valence-corrected chi connectivity index (χ1v) is 6.68. The van der Waals surface area contributed by atoms with Crippen molar-refractivity contribution in [3.05, 3.63) is 29.3 Å². The zero-order valence-corrected chi connectivity index (χ0v) is 10.6. The maximum absolute atomic E-state index is 5.55. The summed E-state index contributed by atoms with van der Waals surface area (Å²) in [6.45, 7) is 2.19. The lowest BCUT2D eigenvalue weighted by molar-refractivity contribution is 0.403. The minimum Gasteiger partial charge on any atom is -0.483 e. The zero-order valence-electron chi connectivity index (χ0n) is 8.42. The van der Waals surface area contributed by atoms with Crippen molar-refractivity contribution in [1.29, 1.82) is 0 Å². The third-order valence-corrected chi connectivity index (χ3v) is 2.98. The summed E-state index contributed by atoms with van der Waals surface area (Å²) >= 11 is 2.24. The second-order valence-electron chi connectivity index (χ2n) is 3.79. The molecule has 14 heavy (non-hydrogen) atoms. The predicted octanol–water partition coefficient (Wildman–Crippen LogP) is 3.90. The average Bonchev–Trinajstić information content (AvgIpc) is 3.01. The minimum atomic E-state index is 0.731. The number of aryl methyl sites for hydroxylation is 1. The molecule has 2 rings (SSSR count). The normalized spacial score (nSPS) is 15.6. The van der Waals surface area contributed by atoms with Crippen molar-refractivity contribution in [3.8, 4) is 5.75 Å². The highest BCUT2D eigenvalue weighted by molar-refractivity contribution is 14.1. The van der Waals surface area contributed by atoms with E-state index in [1.54, 1.807) is 0 Å². The summed E-state index contributed by atoms with van der Waals surface area (Å²) in [6.07, 6.45) is 3.81. The Morgan fingerprint density at radius 3 is 2.71 bits per heavy atom. The van der Waals surface area contributed by atoms with Crippen LogP contribution in [-0.2, 0) is 6.42 Å². The highest BCUT2D eigenvalue weighted by Crippen LogP contribution is 2.41. The van der Waals surface area contributed by atoms with Gasteiger partial charge < -0.3 is 4.74 Å². The molecule has 1 nitrogen and oxygen atoms in total. The molecular formula is C12H15IO. The van der Waals surface area contributed by atoms with E-state index in [0.29, 0.717) is 0 Å². The molecule has 0 aliphatic heterocycles.